The number of hydrogen-bond acceptors (Lipinski definition) is 3. The Morgan fingerprint density at radius 1 is 1.19 bits per heavy atom. The molecule has 2 aromatic carbocycles. The summed E-state index contributed by atoms with van der Waals surface area (Å²) in [6, 6.07) is 12.1. The molecule has 4 nitrogen and oxygen atoms in total. The zero-order valence-corrected chi connectivity index (χ0v) is 15.6. The highest BCUT2D eigenvalue weighted by Gasteiger charge is 2.44. The van der Waals surface area contributed by atoms with Gasteiger partial charge in [0, 0.05) is 18.0 Å². The fourth-order valence-corrected chi connectivity index (χ4v) is 3.07. The number of hydrogen-bond donors (Lipinski definition) is 1. The first-order chi connectivity index (χ1) is 13.1. The maximum atomic E-state index is 13.1. The number of carbonyl (C=O) groups excluding carboxylic acids is 1. The summed E-state index contributed by atoms with van der Waals surface area (Å²) >= 11 is 0. The smallest absolute Gasteiger partial charge is 0.244 e. The third-order valence-electron chi connectivity index (χ3n) is 4.83. The minimum atomic E-state index is -0.243. The van der Waals surface area contributed by atoms with Crippen molar-refractivity contribution in [1.29, 1.82) is 0 Å². The Morgan fingerprint density at radius 2 is 1.93 bits per heavy atom. The SMILES string of the molecule is CCOc1cc(/C=C/C(=O)NCC2(c3ccc(F)cc3)CC2)ccc1OC. The number of halogens is 1. The van der Waals surface area contributed by atoms with E-state index in [-0.39, 0.29) is 17.1 Å². The van der Waals surface area contributed by atoms with Gasteiger partial charge < -0.3 is 14.8 Å². The van der Waals surface area contributed by atoms with Crippen LogP contribution in [-0.4, -0.2) is 26.2 Å². The van der Waals surface area contributed by atoms with Crippen molar-refractivity contribution in [1.82, 2.24) is 5.32 Å². The van der Waals surface area contributed by atoms with Crippen LogP contribution in [-0.2, 0) is 10.2 Å². The molecule has 0 atom stereocenters. The number of amides is 1. The van der Waals surface area contributed by atoms with E-state index in [2.05, 4.69) is 5.32 Å². The van der Waals surface area contributed by atoms with Crippen molar-refractivity contribution in [3.63, 3.8) is 0 Å². The van der Waals surface area contributed by atoms with Crippen molar-refractivity contribution >= 4 is 12.0 Å². The van der Waals surface area contributed by atoms with E-state index in [0.717, 1.165) is 24.0 Å². The molecule has 0 aliphatic heterocycles. The average molecular weight is 369 g/mol. The Bertz CT molecular complexity index is 826. The Balaban J connectivity index is 1.59. The highest BCUT2D eigenvalue weighted by Crippen LogP contribution is 2.47. The summed E-state index contributed by atoms with van der Waals surface area (Å²) in [6.07, 6.45) is 5.25. The fraction of sp³-hybridized carbons (Fsp3) is 0.318. The fourth-order valence-electron chi connectivity index (χ4n) is 3.07. The average Bonchev–Trinajstić information content (AvgIpc) is 3.47. The van der Waals surface area contributed by atoms with Gasteiger partial charge in [-0.3, -0.25) is 4.79 Å². The van der Waals surface area contributed by atoms with E-state index in [1.165, 1.54) is 18.2 Å². The van der Waals surface area contributed by atoms with Gasteiger partial charge in [-0.15, -0.1) is 0 Å². The van der Waals surface area contributed by atoms with Gasteiger partial charge in [-0.2, -0.15) is 0 Å². The number of nitrogens with one attached hydrogen (secondary N) is 1. The molecule has 5 heteroatoms. The molecule has 0 spiro atoms. The Morgan fingerprint density at radius 3 is 2.56 bits per heavy atom. The molecule has 1 fully saturated rings. The van der Waals surface area contributed by atoms with Crippen LogP contribution in [0, 0.1) is 5.82 Å². The lowest BCUT2D eigenvalue weighted by Crippen LogP contribution is -2.31. The standard InChI is InChI=1S/C22H24FNO3/c1-3-27-20-14-16(4-10-19(20)26-2)5-11-21(25)24-15-22(12-13-22)17-6-8-18(23)9-7-17/h4-11,14H,3,12-13,15H2,1-2H3,(H,24,25)/b11-5+. The summed E-state index contributed by atoms with van der Waals surface area (Å²) in [5, 5.41) is 2.96. The van der Waals surface area contributed by atoms with E-state index in [0.29, 0.717) is 24.7 Å². The first-order valence-electron chi connectivity index (χ1n) is 9.09. The van der Waals surface area contributed by atoms with E-state index in [4.69, 9.17) is 9.47 Å². The second-order valence-electron chi connectivity index (χ2n) is 6.68. The van der Waals surface area contributed by atoms with E-state index in [9.17, 15) is 9.18 Å². The predicted molar refractivity (Wildman–Crippen MR) is 104 cm³/mol. The first-order valence-corrected chi connectivity index (χ1v) is 9.09. The van der Waals surface area contributed by atoms with Crippen LogP contribution >= 0.6 is 0 Å². The second kappa shape index (κ2) is 8.25. The van der Waals surface area contributed by atoms with Gasteiger partial charge in [0.2, 0.25) is 5.91 Å². The summed E-state index contributed by atoms with van der Waals surface area (Å²) in [6.45, 7) is 2.99. The molecule has 0 saturated heterocycles. The Labute approximate surface area is 159 Å². The third kappa shape index (κ3) is 4.67. The van der Waals surface area contributed by atoms with Crippen molar-refractivity contribution in [3.05, 3.63) is 65.5 Å². The summed E-state index contributed by atoms with van der Waals surface area (Å²) in [7, 11) is 1.59. The van der Waals surface area contributed by atoms with Crippen molar-refractivity contribution in [3.8, 4) is 11.5 Å². The second-order valence-corrected chi connectivity index (χ2v) is 6.68. The van der Waals surface area contributed by atoms with Crippen molar-refractivity contribution in [2.75, 3.05) is 20.3 Å². The quantitative estimate of drug-likeness (QED) is 0.713. The van der Waals surface area contributed by atoms with E-state index in [1.54, 1.807) is 25.3 Å². The molecule has 1 aliphatic carbocycles. The van der Waals surface area contributed by atoms with Crippen LogP contribution in [0.5, 0.6) is 11.5 Å². The zero-order valence-electron chi connectivity index (χ0n) is 15.6. The maximum Gasteiger partial charge on any atom is 0.244 e. The molecule has 27 heavy (non-hydrogen) atoms. The van der Waals surface area contributed by atoms with Crippen molar-refractivity contribution < 1.29 is 18.7 Å². The van der Waals surface area contributed by atoms with Crippen LogP contribution in [0.1, 0.15) is 30.9 Å². The molecule has 1 N–H and O–H groups in total. The molecular weight excluding hydrogens is 345 g/mol. The number of carbonyl (C=O) groups is 1. The minimum Gasteiger partial charge on any atom is -0.493 e. The van der Waals surface area contributed by atoms with Gasteiger partial charge in [-0.05, 0) is 61.2 Å². The molecule has 1 aliphatic rings. The van der Waals surface area contributed by atoms with Gasteiger partial charge in [-0.25, -0.2) is 4.39 Å². The Hall–Kier alpha value is -2.82. The topological polar surface area (TPSA) is 47.6 Å². The molecule has 2 aromatic rings. The molecule has 1 saturated carbocycles. The number of ether oxygens (including phenoxy) is 2. The van der Waals surface area contributed by atoms with Gasteiger partial charge in [0.05, 0.1) is 13.7 Å². The molecule has 0 radical (unpaired) electrons. The summed E-state index contributed by atoms with van der Waals surface area (Å²) in [5.74, 6) is 0.911. The molecule has 1 amide bonds. The zero-order chi connectivity index (χ0) is 19.3. The number of rotatable bonds is 8. The van der Waals surface area contributed by atoms with Crippen LogP contribution in [0.15, 0.2) is 48.5 Å². The highest BCUT2D eigenvalue weighted by atomic mass is 19.1. The van der Waals surface area contributed by atoms with Gasteiger partial charge in [0.15, 0.2) is 11.5 Å². The predicted octanol–water partition coefficient (Wildman–Crippen LogP) is 4.09. The summed E-state index contributed by atoms with van der Waals surface area (Å²) < 4.78 is 23.9. The summed E-state index contributed by atoms with van der Waals surface area (Å²) in [4.78, 5) is 12.2. The van der Waals surface area contributed by atoms with E-state index >= 15 is 0 Å². The molecule has 0 heterocycles. The van der Waals surface area contributed by atoms with Gasteiger partial charge in [0.1, 0.15) is 5.82 Å². The lowest BCUT2D eigenvalue weighted by Gasteiger charge is -2.16. The highest BCUT2D eigenvalue weighted by molar-refractivity contribution is 5.91. The monoisotopic (exact) mass is 369 g/mol. The lowest BCUT2D eigenvalue weighted by atomic mass is 9.96. The molecule has 0 aromatic heterocycles. The number of methoxy groups -OCH3 is 1. The Kier molecular flexibility index (Phi) is 5.79. The van der Waals surface area contributed by atoms with Crippen molar-refractivity contribution in [2.45, 2.75) is 25.2 Å². The number of benzene rings is 2. The van der Waals surface area contributed by atoms with Crippen LogP contribution in [0.25, 0.3) is 6.08 Å². The third-order valence-corrected chi connectivity index (χ3v) is 4.83. The van der Waals surface area contributed by atoms with Crippen LogP contribution in [0.3, 0.4) is 0 Å². The van der Waals surface area contributed by atoms with Gasteiger partial charge >= 0.3 is 0 Å². The van der Waals surface area contributed by atoms with Gasteiger partial charge in [0.25, 0.3) is 0 Å². The van der Waals surface area contributed by atoms with Crippen LogP contribution in [0.2, 0.25) is 0 Å². The maximum absolute atomic E-state index is 13.1. The lowest BCUT2D eigenvalue weighted by molar-refractivity contribution is -0.116. The molecule has 142 valence electrons. The van der Waals surface area contributed by atoms with Crippen molar-refractivity contribution in [2.24, 2.45) is 0 Å². The minimum absolute atomic E-state index is 0.0561. The molecular formula is C22H24FNO3. The van der Waals surface area contributed by atoms with E-state index < -0.39 is 0 Å². The largest absolute Gasteiger partial charge is 0.493 e. The first kappa shape index (κ1) is 19.0. The molecule has 0 bridgehead atoms. The van der Waals surface area contributed by atoms with E-state index in [1.807, 2.05) is 25.1 Å². The molecule has 0 unspecified atom stereocenters. The van der Waals surface area contributed by atoms with Gasteiger partial charge in [-0.1, -0.05) is 18.2 Å². The summed E-state index contributed by atoms with van der Waals surface area (Å²) in [5.41, 5.74) is 1.87. The molecule has 3 rings (SSSR count). The normalized spacial score (nSPS) is 14.8. The van der Waals surface area contributed by atoms with Crippen LogP contribution < -0.4 is 14.8 Å². The van der Waals surface area contributed by atoms with Crippen LogP contribution in [0.4, 0.5) is 4.39 Å².